The second kappa shape index (κ2) is 8.90. The summed E-state index contributed by atoms with van der Waals surface area (Å²) in [5.74, 6) is 0.417. The van der Waals surface area contributed by atoms with Crippen LogP contribution in [0.4, 0.5) is 5.82 Å². The maximum Gasteiger partial charge on any atom is 0.264 e. The first-order valence-corrected chi connectivity index (χ1v) is 11.4. The minimum Gasteiger partial charge on any atom is -0.396 e. The van der Waals surface area contributed by atoms with Crippen molar-refractivity contribution in [2.75, 3.05) is 24.7 Å². The van der Waals surface area contributed by atoms with E-state index < -0.39 is 10.0 Å². The van der Waals surface area contributed by atoms with E-state index in [1.54, 1.807) is 20.0 Å². The molecule has 0 bridgehead atoms. The quantitative estimate of drug-likeness (QED) is 0.460. The number of hydrogen-bond acceptors (Lipinski definition) is 7. The van der Waals surface area contributed by atoms with Crippen LogP contribution < -0.4 is 15.6 Å². The summed E-state index contributed by atoms with van der Waals surface area (Å²) < 4.78 is 26.8. The number of fused-ring (bicyclic) bond motifs is 1. The molecule has 3 rings (SSSR count). The van der Waals surface area contributed by atoms with Gasteiger partial charge in [0.2, 0.25) is 10.0 Å². The lowest BCUT2D eigenvalue weighted by atomic mass is 10.0. The SMILES string of the molecule is CC(NS(C)(=O)=O)c1ccc(-c2cc3ncn(C)c(=O)c3c(NCCCO)n2)cc1. The first-order chi connectivity index (χ1) is 14.2. The van der Waals surface area contributed by atoms with Crippen LogP contribution in [0, 0.1) is 0 Å². The second-order valence-electron chi connectivity index (χ2n) is 7.15. The number of aryl methyl sites for hydroxylation is 1. The fourth-order valence-corrected chi connectivity index (χ4v) is 3.89. The number of nitrogens with zero attached hydrogens (tertiary/aromatic N) is 3. The molecule has 10 heteroatoms. The number of pyridine rings is 1. The lowest BCUT2D eigenvalue weighted by Gasteiger charge is -2.14. The number of aromatic nitrogens is 3. The molecule has 3 N–H and O–H groups in total. The molecule has 0 fully saturated rings. The molecule has 1 unspecified atom stereocenters. The molecule has 160 valence electrons. The molecule has 1 aromatic carbocycles. The Hall–Kier alpha value is -2.82. The van der Waals surface area contributed by atoms with Gasteiger partial charge >= 0.3 is 0 Å². The van der Waals surface area contributed by atoms with E-state index in [9.17, 15) is 13.2 Å². The zero-order valence-electron chi connectivity index (χ0n) is 17.1. The maximum atomic E-state index is 12.6. The summed E-state index contributed by atoms with van der Waals surface area (Å²) in [5, 5.41) is 12.6. The first kappa shape index (κ1) is 21.9. The van der Waals surface area contributed by atoms with Gasteiger partial charge in [-0.1, -0.05) is 24.3 Å². The molecule has 2 aromatic heterocycles. The Morgan fingerprint density at radius 2 is 1.93 bits per heavy atom. The van der Waals surface area contributed by atoms with Gasteiger partial charge in [0, 0.05) is 31.8 Å². The van der Waals surface area contributed by atoms with E-state index in [0.717, 1.165) is 17.4 Å². The molecule has 0 radical (unpaired) electrons. The van der Waals surface area contributed by atoms with Crippen molar-refractivity contribution in [3.63, 3.8) is 0 Å². The molecule has 0 saturated heterocycles. The molecule has 2 heterocycles. The van der Waals surface area contributed by atoms with Crippen LogP contribution in [0.15, 0.2) is 41.5 Å². The monoisotopic (exact) mass is 431 g/mol. The summed E-state index contributed by atoms with van der Waals surface area (Å²) in [4.78, 5) is 21.6. The van der Waals surface area contributed by atoms with Crippen LogP contribution in [-0.4, -0.2) is 47.5 Å². The Bertz CT molecular complexity index is 1210. The van der Waals surface area contributed by atoms with Gasteiger partial charge in [-0.15, -0.1) is 0 Å². The molecule has 1 atom stereocenters. The lowest BCUT2D eigenvalue weighted by molar-refractivity contribution is 0.292. The summed E-state index contributed by atoms with van der Waals surface area (Å²) in [6.07, 6.45) is 3.11. The molecule has 0 aliphatic rings. The van der Waals surface area contributed by atoms with Crippen LogP contribution in [0.3, 0.4) is 0 Å². The Morgan fingerprint density at radius 3 is 2.57 bits per heavy atom. The van der Waals surface area contributed by atoms with Crippen molar-refractivity contribution < 1.29 is 13.5 Å². The Balaban J connectivity index is 2.01. The Labute approximate surface area is 174 Å². The topological polar surface area (TPSA) is 126 Å². The van der Waals surface area contributed by atoms with E-state index in [1.165, 1.54) is 10.9 Å². The van der Waals surface area contributed by atoms with Crippen molar-refractivity contribution in [1.29, 1.82) is 0 Å². The third-order valence-electron chi connectivity index (χ3n) is 4.63. The van der Waals surface area contributed by atoms with Crippen LogP contribution in [0.1, 0.15) is 24.9 Å². The van der Waals surface area contributed by atoms with Crippen molar-refractivity contribution in [2.24, 2.45) is 7.05 Å². The number of nitrogens with one attached hydrogen (secondary N) is 2. The van der Waals surface area contributed by atoms with Crippen molar-refractivity contribution in [3.8, 4) is 11.3 Å². The predicted octanol–water partition coefficient (Wildman–Crippen LogP) is 1.40. The van der Waals surface area contributed by atoms with Crippen molar-refractivity contribution >= 4 is 26.7 Å². The number of benzene rings is 1. The molecule has 0 aliphatic carbocycles. The molecular formula is C20H25N5O4S. The summed E-state index contributed by atoms with van der Waals surface area (Å²) in [6.45, 7) is 2.27. The highest BCUT2D eigenvalue weighted by Gasteiger charge is 2.14. The normalized spacial score (nSPS) is 12.8. The zero-order chi connectivity index (χ0) is 21.9. The van der Waals surface area contributed by atoms with Gasteiger partial charge in [0.05, 0.1) is 23.8 Å². The van der Waals surface area contributed by atoms with Crippen LogP contribution in [0.5, 0.6) is 0 Å². The Kier molecular flexibility index (Phi) is 6.49. The highest BCUT2D eigenvalue weighted by Crippen LogP contribution is 2.26. The van der Waals surface area contributed by atoms with E-state index in [4.69, 9.17) is 5.11 Å². The minimum atomic E-state index is -3.31. The van der Waals surface area contributed by atoms with E-state index in [2.05, 4.69) is 20.0 Å². The lowest BCUT2D eigenvalue weighted by Crippen LogP contribution is -2.25. The van der Waals surface area contributed by atoms with Crippen LogP contribution in [0.2, 0.25) is 0 Å². The number of aliphatic hydroxyl groups excluding tert-OH is 1. The highest BCUT2D eigenvalue weighted by molar-refractivity contribution is 7.88. The van der Waals surface area contributed by atoms with Gasteiger partial charge in [-0.2, -0.15) is 0 Å². The molecule has 0 amide bonds. The number of anilines is 1. The number of rotatable bonds is 8. The molecule has 9 nitrogen and oxygen atoms in total. The van der Waals surface area contributed by atoms with Crippen molar-refractivity contribution in [2.45, 2.75) is 19.4 Å². The van der Waals surface area contributed by atoms with E-state index >= 15 is 0 Å². The van der Waals surface area contributed by atoms with Crippen molar-refractivity contribution in [1.82, 2.24) is 19.3 Å². The van der Waals surface area contributed by atoms with Crippen LogP contribution >= 0.6 is 0 Å². The average molecular weight is 432 g/mol. The molecule has 3 aromatic rings. The van der Waals surface area contributed by atoms with Gasteiger partial charge in [-0.25, -0.2) is 23.1 Å². The van der Waals surface area contributed by atoms with Gasteiger partial charge in [-0.3, -0.25) is 4.79 Å². The molecule has 0 saturated carbocycles. The average Bonchev–Trinajstić information content (AvgIpc) is 2.69. The highest BCUT2D eigenvalue weighted by atomic mass is 32.2. The van der Waals surface area contributed by atoms with Gasteiger partial charge in [0.25, 0.3) is 5.56 Å². The fourth-order valence-electron chi connectivity index (χ4n) is 3.12. The van der Waals surface area contributed by atoms with E-state index in [-0.39, 0.29) is 18.2 Å². The number of hydrogen-bond donors (Lipinski definition) is 3. The summed E-state index contributed by atoms with van der Waals surface area (Å²) >= 11 is 0. The molecule has 30 heavy (non-hydrogen) atoms. The van der Waals surface area contributed by atoms with Gasteiger partial charge in [0.1, 0.15) is 11.2 Å². The fraction of sp³-hybridized carbons (Fsp3) is 0.350. The zero-order valence-corrected chi connectivity index (χ0v) is 17.9. The molecule has 0 spiro atoms. The Morgan fingerprint density at radius 1 is 1.23 bits per heavy atom. The summed E-state index contributed by atoms with van der Waals surface area (Å²) in [5.41, 5.74) is 2.57. The van der Waals surface area contributed by atoms with Gasteiger partial charge in [-0.05, 0) is 25.0 Å². The summed E-state index contributed by atoms with van der Waals surface area (Å²) in [6, 6.07) is 8.76. The third-order valence-corrected chi connectivity index (χ3v) is 5.41. The standard InChI is InChI=1S/C20H25N5O4S/c1-13(24-30(3,28)29)14-5-7-15(8-6-14)16-11-17-18(20(27)25(2)12-22-17)19(23-16)21-9-4-10-26/h5-8,11-13,24,26H,4,9-10H2,1-3H3,(H,21,23). The first-order valence-electron chi connectivity index (χ1n) is 9.48. The number of aliphatic hydroxyl groups is 1. The predicted molar refractivity (Wildman–Crippen MR) is 117 cm³/mol. The molecule has 0 aliphatic heterocycles. The smallest absolute Gasteiger partial charge is 0.264 e. The van der Waals surface area contributed by atoms with Crippen molar-refractivity contribution in [3.05, 3.63) is 52.6 Å². The van der Waals surface area contributed by atoms with Gasteiger partial charge in [0.15, 0.2) is 0 Å². The minimum absolute atomic E-state index is 0.0298. The van der Waals surface area contributed by atoms with Crippen LogP contribution in [-0.2, 0) is 17.1 Å². The molecular weight excluding hydrogens is 406 g/mol. The van der Waals surface area contributed by atoms with Crippen LogP contribution in [0.25, 0.3) is 22.2 Å². The van der Waals surface area contributed by atoms with E-state index in [1.807, 2.05) is 24.3 Å². The third kappa shape index (κ3) is 5.02. The maximum absolute atomic E-state index is 12.6. The van der Waals surface area contributed by atoms with E-state index in [0.29, 0.717) is 35.4 Å². The second-order valence-corrected chi connectivity index (χ2v) is 8.93. The summed E-state index contributed by atoms with van der Waals surface area (Å²) in [7, 11) is -1.68. The number of sulfonamides is 1. The largest absolute Gasteiger partial charge is 0.396 e. The van der Waals surface area contributed by atoms with Gasteiger partial charge < -0.3 is 15.0 Å².